The zero-order chi connectivity index (χ0) is 40.3. The minimum absolute atomic E-state index is 0.0574. The minimum atomic E-state index is -1.48. The fourth-order valence-electron chi connectivity index (χ4n) is 4.93. The molecule has 0 saturated carbocycles. The number of carbonyl (C=O) groups is 8. The maximum absolute atomic E-state index is 13.8. The summed E-state index contributed by atoms with van der Waals surface area (Å²) in [5.41, 5.74) is -0.119. The number of aliphatic carboxylic acids is 1. The molecular weight excluding hydrogens is 690 g/mol. The molecule has 0 fully saturated rings. The lowest BCUT2D eigenvalue weighted by atomic mass is 9.97. The van der Waals surface area contributed by atoms with E-state index in [4.69, 9.17) is 9.47 Å². The van der Waals surface area contributed by atoms with Gasteiger partial charge < -0.3 is 46.0 Å². The molecule has 16 nitrogen and oxygen atoms in total. The largest absolute Gasteiger partial charge is 0.481 e. The molecule has 53 heavy (non-hydrogen) atoms. The normalized spacial score (nSPS) is 14.6. The van der Waals surface area contributed by atoms with Crippen LogP contribution in [0.3, 0.4) is 0 Å². The number of esters is 1. The van der Waals surface area contributed by atoms with Crippen LogP contribution >= 0.6 is 0 Å². The number of hydrogen-bond donors (Lipinski definition) is 6. The van der Waals surface area contributed by atoms with Crippen molar-refractivity contribution in [1.82, 2.24) is 26.6 Å². The van der Waals surface area contributed by atoms with Crippen molar-refractivity contribution < 1.29 is 52.9 Å². The Balaban J connectivity index is 3.25. The average molecular weight is 748 g/mol. The summed E-state index contributed by atoms with van der Waals surface area (Å²) in [7, 11) is 0. The van der Waals surface area contributed by atoms with Gasteiger partial charge in [-0.15, -0.1) is 0 Å². The number of nitrogens with one attached hydrogen (secondary N) is 5. The van der Waals surface area contributed by atoms with E-state index >= 15 is 0 Å². The Kier molecular flexibility index (Phi) is 19.8. The molecule has 1 aromatic carbocycles. The van der Waals surface area contributed by atoms with E-state index in [1.54, 1.807) is 58.9 Å². The van der Waals surface area contributed by atoms with Crippen LogP contribution in [0.15, 0.2) is 30.3 Å². The smallest absolute Gasteiger partial charge is 0.408 e. The predicted molar refractivity (Wildman–Crippen MR) is 194 cm³/mol. The lowest BCUT2D eigenvalue weighted by Gasteiger charge is -2.28. The quantitative estimate of drug-likeness (QED) is 0.0745. The summed E-state index contributed by atoms with van der Waals surface area (Å²) in [6.07, 6.45) is -1.02. The number of alkyl carbamates (subject to hydrolysis) is 1. The Labute approximate surface area is 311 Å². The van der Waals surface area contributed by atoms with Gasteiger partial charge in [0.25, 0.3) is 0 Å². The fraction of sp³-hybridized carbons (Fsp3) is 0.622. The Bertz CT molecular complexity index is 1400. The molecule has 0 saturated heterocycles. The van der Waals surface area contributed by atoms with E-state index in [0.717, 1.165) is 5.56 Å². The molecule has 1 rings (SSSR count). The first-order valence-corrected chi connectivity index (χ1v) is 17.8. The lowest BCUT2D eigenvalue weighted by Crippen LogP contribution is -2.59. The van der Waals surface area contributed by atoms with Gasteiger partial charge in [-0.3, -0.25) is 28.8 Å². The predicted octanol–water partition coefficient (Wildman–Crippen LogP) is 2.52. The zero-order valence-corrected chi connectivity index (χ0v) is 32.0. The highest BCUT2D eigenvalue weighted by Gasteiger charge is 2.33. The Morgan fingerprint density at radius 1 is 0.774 bits per heavy atom. The van der Waals surface area contributed by atoms with Crippen molar-refractivity contribution in [2.24, 2.45) is 11.8 Å². The maximum Gasteiger partial charge on any atom is 0.408 e. The van der Waals surface area contributed by atoms with Gasteiger partial charge in [-0.1, -0.05) is 64.4 Å². The van der Waals surface area contributed by atoms with E-state index in [1.165, 1.54) is 6.92 Å². The topological polar surface area (TPSA) is 235 Å². The first-order chi connectivity index (χ1) is 24.8. The average Bonchev–Trinajstić information content (AvgIpc) is 3.08. The number of carboxylic acids is 1. The van der Waals surface area contributed by atoms with E-state index in [0.29, 0.717) is 19.1 Å². The van der Waals surface area contributed by atoms with Crippen LogP contribution in [0.4, 0.5) is 4.79 Å². The number of ether oxygens (including phenoxy) is 2. The summed E-state index contributed by atoms with van der Waals surface area (Å²) < 4.78 is 10.6. The number of benzene rings is 1. The molecule has 6 atom stereocenters. The molecule has 0 aliphatic heterocycles. The molecule has 0 spiro atoms. The van der Waals surface area contributed by atoms with Crippen molar-refractivity contribution in [3.63, 3.8) is 0 Å². The second-order valence-corrected chi connectivity index (χ2v) is 14.4. The molecule has 296 valence electrons. The lowest BCUT2D eigenvalue weighted by molar-refractivity contribution is -0.155. The van der Waals surface area contributed by atoms with Gasteiger partial charge in [-0.2, -0.15) is 0 Å². The zero-order valence-electron chi connectivity index (χ0n) is 32.0. The van der Waals surface area contributed by atoms with Crippen LogP contribution in [-0.2, 0) is 49.6 Å². The van der Waals surface area contributed by atoms with E-state index < -0.39 is 89.8 Å². The molecule has 6 N–H and O–H groups in total. The van der Waals surface area contributed by atoms with Gasteiger partial charge in [0.15, 0.2) is 0 Å². The van der Waals surface area contributed by atoms with Gasteiger partial charge in [0.1, 0.15) is 42.7 Å². The van der Waals surface area contributed by atoms with E-state index in [-0.39, 0.29) is 31.8 Å². The van der Waals surface area contributed by atoms with Crippen LogP contribution in [0.1, 0.15) is 99.5 Å². The Morgan fingerprint density at radius 2 is 1.34 bits per heavy atom. The summed E-state index contributed by atoms with van der Waals surface area (Å²) >= 11 is 0. The number of carboxylic acid groups (broad SMARTS) is 1. The summed E-state index contributed by atoms with van der Waals surface area (Å²) in [5.74, 6) is -5.55. The Hall–Kier alpha value is -5.02. The molecule has 0 aliphatic rings. The standard InChI is InChI=1S/C37H57N5O11/c1-9-23(4)31(42-36(51)52-21-25-13-11-10-12-14-25)35(50)41-28(16-18-30(46)53-37(6,7)8)34(49)40-27(15-17-29(44)45)33(48)38-24(5)32(47)39-26(20-43)19-22(2)3/h10-14,20,22-24,26-28,31H,9,15-19,21H2,1-8H3,(H,38,48)(H,39,47)(H,40,49)(H,41,50)(H,42,51)(H,44,45)/t23-,24-,26-,27-,28-,31-/m0/s1. The van der Waals surface area contributed by atoms with Gasteiger partial charge in [0.2, 0.25) is 23.6 Å². The number of aldehydes is 1. The second kappa shape index (κ2) is 22.8. The number of rotatable bonds is 22. The highest BCUT2D eigenvalue weighted by molar-refractivity contribution is 5.96. The van der Waals surface area contributed by atoms with Crippen LogP contribution in [0.2, 0.25) is 0 Å². The van der Waals surface area contributed by atoms with E-state index in [2.05, 4.69) is 26.6 Å². The van der Waals surface area contributed by atoms with Crippen molar-refractivity contribution >= 4 is 47.9 Å². The fourth-order valence-corrected chi connectivity index (χ4v) is 4.93. The maximum atomic E-state index is 13.8. The third kappa shape index (κ3) is 18.9. The van der Waals surface area contributed by atoms with Crippen molar-refractivity contribution in [1.29, 1.82) is 0 Å². The molecule has 0 heterocycles. The summed E-state index contributed by atoms with van der Waals surface area (Å²) in [5, 5.41) is 21.9. The summed E-state index contributed by atoms with van der Waals surface area (Å²) in [6, 6.07) is 2.82. The Morgan fingerprint density at radius 3 is 1.87 bits per heavy atom. The highest BCUT2D eigenvalue weighted by Crippen LogP contribution is 2.14. The third-order valence-electron chi connectivity index (χ3n) is 7.92. The van der Waals surface area contributed by atoms with Crippen LogP contribution in [-0.4, -0.2) is 88.9 Å². The molecule has 0 radical (unpaired) electrons. The van der Waals surface area contributed by atoms with Crippen LogP contribution in [0.5, 0.6) is 0 Å². The van der Waals surface area contributed by atoms with E-state index in [1.807, 2.05) is 19.9 Å². The minimum Gasteiger partial charge on any atom is -0.481 e. The monoisotopic (exact) mass is 747 g/mol. The van der Waals surface area contributed by atoms with Crippen LogP contribution in [0.25, 0.3) is 0 Å². The van der Waals surface area contributed by atoms with Crippen molar-refractivity contribution in [2.75, 3.05) is 0 Å². The van der Waals surface area contributed by atoms with Gasteiger partial charge in [0, 0.05) is 12.8 Å². The molecule has 0 aliphatic carbocycles. The van der Waals surface area contributed by atoms with Crippen molar-refractivity contribution in [3.05, 3.63) is 35.9 Å². The van der Waals surface area contributed by atoms with Crippen LogP contribution in [0, 0.1) is 11.8 Å². The number of hydrogen-bond acceptors (Lipinski definition) is 10. The van der Waals surface area contributed by atoms with Gasteiger partial charge in [-0.25, -0.2) is 4.79 Å². The van der Waals surface area contributed by atoms with Gasteiger partial charge in [-0.05, 0) is 64.4 Å². The molecule has 0 unspecified atom stereocenters. The summed E-state index contributed by atoms with van der Waals surface area (Å²) in [6.45, 7) is 13.5. The van der Waals surface area contributed by atoms with Crippen molar-refractivity contribution in [2.45, 2.75) is 136 Å². The van der Waals surface area contributed by atoms with Gasteiger partial charge >= 0.3 is 18.0 Å². The van der Waals surface area contributed by atoms with E-state index in [9.17, 15) is 43.5 Å². The first kappa shape index (κ1) is 46.0. The molecule has 1 aromatic rings. The molecule has 5 amide bonds. The summed E-state index contributed by atoms with van der Waals surface area (Å²) in [4.78, 5) is 102. The molecule has 0 bridgehead atoms. The second-order valence-electron chi connectivity index (χ2n) is 14.4. The van der Waals surface area contributed by atoms with Crippen LogP contribution < -0.4 is 26.6 Å². The first-order valence-electron chi connectivity index (χ1n) is 17.8. The number of amides is 5. The highest BCUT2D eigenvalue weighted by atomic mass is 16.6. The van der Waals surface area contributed by atoms with Gasteiger partial charge in [0.05, 0.1) is 6.04 Å². The SMILES string of the molecule is CC[C@H](C)[C@H](NC(=O)OCc1ccccc1)C(=O)N[C@@H](CCC(=O)OC(C)(C)C)C(=O)N[C@@H](CCC(=O)O)C(=O)N[C@@H](C)C(=O)N[C@H](C=O)CC(C)C. The number of carbonyl (C=O) groups excluding carboxylic acids is 7. The molecular formula is C37H57N5O11. The molecule has 16 heteroatoms. The van der Waals surface area contributed by atoms with Crippen molar-refractivity contribution in [3.8, 4) is 0 Å². The molecule has 0 aromatic heterocycles. The third-order valence-corrected chi connectivity index (χ3v) is 7.92.